The molecule has 0 aliphatic carbocycles. The Morgan fingerprint density at radius 3 is 2.75 bits per heavy atom. The van der Waals surface area contributed by atoms with Crippen LogP contribution in [0.15, 0.2) is 42.6 Å². The third-order valence-corrected chi connectivity index (χ3v) is 4.78. The van der Waals surface area contributed by atoms with Crippen molar-refractivity contribution in [3.05, 3.63) is 65.5 Å². The number of pyridine rings is 1. The molecule has 0 spiro atoms. The smallest absolute Gasteiger partial charge is 0.140 e. The van der Waals surface area contributed by atoms with Crippen molar-refractivity contribution in [2.75, 3.05) is 13.1 Å². The van der Waals surface area contributed by atoms with E-state index in [4.69, 9.17) is 0 Å². The van der Waals surface area contributed by atoms with Crippen molar-refractivity contribution < 1.29 is 8.78 Å². The summed E-state index contributed by atoms with van der Waals surface area (Å²) in [6.07, 6.45) is 3.90. The van der Waals surface area contributed by atoms with E-state index in [9.17, 15) is 8.78 Å². The molecule has 1 fully saturated rings. The minimum absolute atomic E-state index is 0.0886. The zero-order valence-corrected chi connectivity index (χ0v) is 13.3. The van der Waals surface area contributed by atoms with Gasteiger partial charge in [-0.05, 0) is 49.7 Å². The van der Waals surface area contributed by atoms with Crippen LogP contribution in [-0.2, 0) is 6.54 Å². The van der Waals surface area contributed by atoms with E-state index in [1.165, 1.54) is 18.2 Å². The summed E-state index contributed by atoms with van der Waals surface area (Å²) in [7, 11) is 0. The molecule has 3 aromatic rings. The van der Waals surface area contributed by atoms with Gasteiger partial charge in [-0.15, -0.1) is 0 Å². The van der Waals surface area contributed by atoms with Gasteiger partial charge < -0.3 is 9.88 Å². The highest BCUT2D eigenvalue weighted by Gasteiger charge is 2.22. The third kappa shape index (κ3) is 2.69. The molecule has 1 N–H and O–H groups in total. The number of fused-ring (bicyclic) bond motifs is 1. The molecule has 1 atom stereocenters. The number of halogens is 2. The van der Waals surface area contributed by atoms with E-state index >= 15 is 0 Å². The van der Waals surface area contributed by atoms with Gasteiger partial charge in [0, 0.05) is 35.3 Å². The summed E-state index contributed by atoms with van der Waals surface area (Å²) in [5, 5.41) is 4.42. The van der Waals surface area contributed by atoms with E-state index in [0.717, 1.165) is 42.7 Å². The van der Waals surface area contributed by atoms with Crippen molar-refractivity contribution in [2.24, 2.45) is 0 Å². The maximum absolute atomic E-state index is 14.1. The minimum Gasteiger partial charge on any atom is -0.325 e. The second-order valence-electron chi connectivity index (χ2n) is 6.32. The summed E-state index contributed by atoms with van der Waals surface area (Å²) in [5.74, 6) is -0.691. The Hall–Kier alpha value is -2.27. The van der Waals surface area contributed by atoms with E-state index in [1.807, 2.05) is 16.7 Å². The van der Waals surface area contributed by atoms with Crippen LogP contribution in [-0.4, -0.2) is 22.6 Å². The molecular weight excluding hydrogens is 308 g/mol. The Labute approximate surface area is 139 Å². The SMILES string of the molecule is Fc1cccc(F)c1Cn1c([C@H]2CCCNC2)cc2cccnc21. The van der Waals surface area contributed by atoms with Gasteiger partial charge in [-0.3, -0.25) is 0 Å². The maximum Gasteiger partial charge on any atom is 0.140 e. The molecule has 0 unspecified atom stereocenters. The van der Waals surface area contributed by atoms with Crippen molar-refractivity contribution in [1.29, 1.82) is 0 Å². The number of aromatic nitrogens is 2. The van der Waals surface area contributed by atoms with Crippen molar-refractivity contribution in [1.82, 2.24) is 14.9 Å². The van der Waals surface area contributed by atoms with Crippen LogP contribution in [0.1, 0.15) is 30.0 Å². The number of benzene rings is 1. The molecule has 124 valence electrons. The van der Waals surface area contributed by atoms with Gasteiger partial charge in [-0.1, -0.05) is 6.07 Å². The van der Waals surface area contributed by atoms with Crippen molar-refractivity contribution in [3.63, 3.8) is 0 Å². The molecule has 0 radical (unpaired) electrons. The molecule has 4 rings (SSSR count). The van der Waals surface area contributed by atoms with E-state index in [0.29, 0.717) is 5.92 Å². The lowest BCUT2D eigenvalue weighted by molar-refractivity contribution is 0.442. The number of rotatable bonds is 3. The van der Waals surface area contributed by atoms with Crippen LogP contribution < -0.4 is 5.32 Å². The van der Waals surface area contributed by atoms with Gasteiger partial charge in [0.15, 0.2) is 0 Å². The molecule has 0 bridgehead atoms. The maximum atomic E-state index is 14.1. The molecule has 2 aromatic heterocycles. The van der Waals surface area contributed by atoms with Crippen molar-refractivity contribution in [2.45, 2.75) is 25.3 Å². The summed E-state index contributed by atoms with van der Waals surface area (Å²) in [5.41, 5.74) is 1.96. The molecule has 1 aromatic carbocycles. The predicted molar refractivity (Wildman–Crippen MR) is 90.0 cm³/mol. The monoisotopic (exact) mass is 327 g/mol. The number of hydrogen-bond donors (Lipinski definition) is 1. The molecule has 1 aliphatic heterocycles. The lowest BCUT2D eigenvalue weighted by atomic mass is 9.96. The summed E-state index contributed by atoms with van der Waals surface area (Å²) in [6, 6.07) is 10.00. The number of nitrogens with one attached hydrogen (secondary N) is 1. The fourth-order valence-electron chi connectivity index (χ4n) is 3.56. The van der Waals surface area contributed by atoms with E-state index in [-0.39, 0.29) is 12.1 Å². The molecule has 0 saturated carbocycles. The van der Waals surface area contributed by atoms with Crippen molar-refractivity contribution >= 4 is 11.0 Å². The molecule has 5 heteroatoms. The van der Waals surface area contributed by atoms with E-state index < -0.39 is 11.6 Å². The second kappa shape index (κ2) is 6.32. The van der Waals surface area contributed by atoms with Crippen LogP contribution in [0.2, 0.25) is 0 Å². The Kier molecular flexibility index (Phi) is 4.02. The Morgan fingerprint density at radius 1 is 1.17 bits per heavy atom. The molecule has 1 saturated heterocycles. The average molecular weight is 327 g/mol. The highest BCUT2D eigenvalue weighted by Crippen LogP contribution is 2.30. The van der Waals surface area contributed by atoms with Crippen LogP contribution in [0, 0.1) is 11.6 Å². The van der Waals surface area contributed by atoms with Crippen LogP contribution >= 0.6 is 0 Å². The summed E-state index contributed by atoms with van der Waals surface area (Å²) >= 11 is 0. The molecule has 1 aliphatic rings. The summed E-state index contributed by atoms with van der Waals surface area (Å²) in [4.78, 5) is 4.45. The van der Waals surface area contributed by atoms with E-state index in [2.05, 4.69) is 16.4 Å². The van der Waals surface area contributed by atoms with Gasteiger partial charge in [-0.25, -0.2) is 13.8 Å². The highest BCUT2D eigenvalue weighted by molar-refractivity contribution is 5.77. The lowest BCUT2D eigenvalue weighted by Gasteiger charge is -2.24. The topological polar surface area (TPSA) is 29.9 Å². The first kappa shape index (κ1) is 15.3. The van der Waals surface area contributed by atoms with Crippen LogP contribution in [0.25, 0.3) is 11.0 Å². The third-order valence-electron chi connectivity index (χ3n) is 4.78. The second-order valence-corrected chi connectivity index (χ2v) is 6.32. The zero-order valence-electron chi connectivity index (χ0n) is 13.3. The molecular formula is C19H19F2N3. The van der Waals surface area contributed by atoms with Gasteiger partial charge >= 0.3 is 0 Å². The molecule has 3 heterocycles. The van der Waals surface area contributed by atoms with Gasteiger partial charge in [0.1, 0.15) is 17.3 Å². The fraction of sp³-hybridized carbons (Fsp3) is 0.316. The largest absolute Gasteiger partial charge is 0.325 e. The first-order chi connectivity index (χ1) is 11.7. The normalized spacial score (nSPS) is 18.2. The van der Waals surface area contributed by atoms with Gasteiger partial charge in [0.2, 0.25) is 0 Å². The summed E-state index contributed by atoms with van der Waals surface area (Å²) in [6.45, 7) is 2.07. The fourth-order valence-corrected chi connectivity index (χ4v) is 3.56. The average Bonchev–Trinajstić information content (AvgIpc) is 2.98. The zero-order chi connectivity index (χ0) is 16.5. The van der Waals surface area contributed by atoms with Crippen LogP contribution in [0.4, 0.5) is 8.78 Å². The highest BCUT2D eigenvalue weighted by atomic mass is 19.1. The Morgan fingerprint density at radius 2 is 2.00 bits per heavy atom. The Bertz CT molecular complexity index is 846. The van der Waals surface area contributed by atoms with Crippen molar-refractivity contribution in [3.8, 4) is 0 Å². The lowest BCUT2D eigenvalue weighted by Crippen LogP contribution is -2.29. The quantitative estimate of drug-likeness (QED) is 0.792. The minimum atomic E-state index is -0.513. The molecule has 3 nitrogen and oxygen atoms in total. The number of hydrogen-bond acceptors (Lipinski definition) is 2. The van der Waals surface area contributed by atoms with Gasteiger partial charge in [0.25, 0.3) is 0 Å². The number of nitrogens with zero attached hydrogens (tertiary/aromatic N) is 2. The first-order valence-corrected chi connectivity index (χ1v) is 8.32. The first-order valence-electron chi connectivity index (χ1n) is 8.32. The predicted octanol–water partition coefficient (Wildman–Crippen LogP) is 3.83. The summed E-state index contributed by atoms with van der Waals surface area (Å²) < 4.78 is 30.2. The van der Waals surface area contributed by atoms with Gasteiger partial charge in [0.05, 0.1) is 6.54 Å². The Balaban J connectivity index is 1.83. The standard InChI is InChI=1S/C19H19F2N3/c20-16-6-1-7-17(21)15(16)12-24-18(14-5-2-8-22-11-14)10-13-4-3-9-23-19(13)24/h1,3-4,6-7,9-10,14,22H,2,5,8,11-12H2/t14-/m0/s1. The number of piperidine rings is 1. The van der Waals surface area contributed by atoms with Crippen LogP contribution in [0.3, 0.4) is 0 Å². The van der Waals surface area contributed by atoms with Gasteiger partial charge in [-0.2, -0.15) is 0 Å². The van der Waals surface area contributed by atoms with Crippen LogP contribution in [0.5, 0.6) is 0 Å². The molecule has 24 heavy (non-hydrogen) atoms. The molecule has 0 amide bonds. The van der Waals surface area contributed by atoms with E-state index in [1.54, 1.807) is 6.20 Å².